The van der Waals surface area contributed by atoms with Crippen molar-refractivity contribution >= 4 is 21.7 Å². The van der Waals surface area contributed by atoms with Crippen molar-refractivity contribution < 1.29 is 13.2 Å². The molecular weight excluding hydrogens is 323 g/mol. The molecule has 0 unspecified atom stereocenters. The lowest BCUT2D eigenvalue weighted by atomic mass is 10.2. The minimum atomic E-state index is -4.40. The molecular formula is C12H15BrF3N3. The lowest BCUT2D eigenvalue weighted by Crippen LogP contribution is -2.31. The summed E-state index contributed by atoms with van der Waals surface area (Å²) in [7, 11) is 0. The summed E-state index contributed by atoms with van der Waals surface area (Å²) >= 11 is 3.04. The number of alkyl halides is 3. The lowest BCUT2D eigenvalue weighted by molar-refractivity contribution is -0.137. The second-order valence-electron chi connectivity index (χ2n) is 4.59. The molecule has 3 nitrogen and oxygen atoms in total. The van der Waals surface area contributed by atoms with Crippen LogP contribution in [0.15, 0.2) is 16.7 Å². The van der Waals surface area contributed by atoms with E-state index in [2.05, 4.69) is 20.9 Å². The van der Waals surface area contributed by atoms with E-state index in [9.17, 15) is 13.2 Å². The summed E-state index contributed by atoms with van der Waals surface area (Å²) in [5, 5.41) is 0. The summed E-state index contributed by atoms with van der Waals surface area (Å²) in [4.78, 5) is 5.72. The van der Waals surface area contributed by atoms with Gasteiger partial charge in [-0.15, -0.1) is 0 Å². The van der Waals surface area contributed by atoms with Gasteiger partial charge < -0.3 is 10.6 Å². The van der Waals surface area contributed by atoms with Crippen LogP contribution in [-0.2, 0) is 6.18 Å². The molecule has 7 heteroatoms. The Balaban J connectivity index is 2.35. The van der Waals surface area contributed by atoms with Gasteiger partial charge in [-0.05, 0) is 47.8 Å². The summed E-state index contributed by atoms with van der Waals surface area (Å²) in [6.07, 6.45) is -0.505. The molecule has 1 aromatic heterocycles. The quantitative estimate of drug-likeness (QED) is 0.897. The Morgan fingerprint density at radius 2 is 2.11 bits per heavy atom. The molecule has 1 aliphatic carbocycles. The highest BCUT2D eigenvalue weighted by atomic mass is 79.9. The SMILES string of the molecule is NCCCN(c1ncc(Br)cc1C(F)(F)F)C1CC1. The predicted molar refractivity (Wildman–Crippen MR) is 71.0 cm³/mol. The first-order chi connectivity index (χ1) is 8.93. The summed E-state index contributed by atoms with van der Waals surface area (Å²) in [6, 6.07) is 1.25. The highest BCUT2D eigenvalue weighted by Gasteiger charge is 2.39. The van der Waals surface area contributed by atoms with Gasteiger partial charge in [-0.25, -0.2) is 4.98 Å². The Morgan fingerprint density at radius 3 is 2.63 bits per heavy atom. The normalized spacial score (nSPS) is 15.6. The van der Waals surface area contributed by atoms with E-state index < -0.39 is 11.7 Å². The van der Waals surface area contributed by atoms with Crippen molar-refractivity contribution in [2.24, 2.45) is 5.73 Å². The van der Waals surface area contributed by atoms with E-state index in [0.29, 0.717) is 24.0 Å². The molecule has 1 heterocycles. The Bertz CT molecular complexity index is 446. The van der Waals surface area contributed by atoms with E-state index >= 15 is 0 Å². The summed E-state index contributed by atoms with van der Waals surface area (Å²) in [6.45, 7) is 0.972. The van der Waals surface area contributed by atoms with E-state index in [1.807, 2.05) is 0 Å². The van der Waals surface area contributed by atoms with Crippen molar-refractivity contribution in [2.75, 3.05) is 18.0 Å². The topological polar surface area (TPSA) is 42.1 Å². The lowest BCUT2D eigenvalue weighted by Gasteiger charge is -2.26. The molecule has 19 heavy (non-hydrogen) atoms. The second-order valence-corrected chi connectivity index (χ2v) is 5.50. The van der Waals surface area contributed by atoms with E-state index in [4.69, 9.17) is 5.73 Å². The molecule has 0 saturated heterocycles. The molecule has 106 valence electrons. The highest BCUT2D eigenvalue weighted by molar-refractivity contribution is 9.10. The Labute approximate surface area is 118 Å². The van der Waals surface area contributed by atoms with Gasteiger partial charge in [0.25, 0.3) is 0 Å². The van der Waals surface area contributed by atoms with Crippen molar-refractivity contribution in [3.63, 3.8) is 0 Å². The smallest absolute Gasteiger partial charge is 0.353 e. The number of nitrogens with zero attached hydrogens (tertiary/aromatic N) is 2. The molecule has 2 rings (SSSR count). The molecule has 1 aromatic rings. The fourth-order valence-corrected chi connectivity index (χ4v) is 2.31. The molecule has 1 fully saturated rings. The third kappa shape index (κ3) is 3.60. The van der Waals surface area contributed by atoms with Gasteiger partial charge in [0.15, 0.2) is 0 Å². The fourth-order valence-electron chi connectivity index (χ4n) is 1.98. The standard InChI is InChI=1S/C12H15BrF3N3/c13-8-6-10(12(14,15)16)11(18-7-8)19(5-1-4-17)9-2-3-9/h6-7,9H,1-5,17H2. The zero-order valence-corrected chi connectivity index (χ0v) is 11.8. The van der Waals surface area contributed by atoms with Crippen molar-refractivity contribution in [1.82, 2.24) is 4.98 Å². The number of pyridine rings is 1. The average Bonchev–Trinajstić information content (AvgIpc) is 3.14. The van der Waals surface area contributed by atoms with Gasteiger partial charge in [0.2, 0.25) is 0 Å². The average molecular weight is 338 g/mol. The summed E-state index contributed by atoms with van der Waals surface area (Å²) in [5.74, 6) is 0.0200. The first-order valence-electron chi connectivity index (χ1n) is 6.13. The number of halogens is 4. The minimum Gasteiger partial charge on any atom is -0.353 e. The number of rotatable bonds is 5. The maximum atomic E-state index is 13.1. The van der Waals surface area contributed by atoms with Crippen LogP contribution in [0.1, 0.15) is 24.8 Å². The van der Waals surface area contributed by atoms with Gasteiger partial charge in [-0.2, -0.15) is 13.2 Å². The van der Waals surface area contributed by atoms with Gasteiger partial charge >= 0.3 is 6.18 Å². The molecule has 0 aromatic carbocycles. The summed E-state index contributed by atoms with van der Waals surface area (Å²) < 4.78 is 39.6. The van der Waals surface area contributed by atoms with Crippen molar-refractivity contribution in [1.29, 1.82) is 0 Å². The largest absolute Gasteiger partial charge is 0.419 e. The molecule has 0 amide bonds. The number of aromatic nitrogens is 1. The van der Waals surface area contributed by atoms with Crippen LogP contribution in [0.3, 0.4) is 0 Å². The van der Waals surface area contributed by atoms with E-state index in [-0.39, 0.29) is 11.9 Å². The minimum absolute atomic E-state index is 0.0200. The third-order valence-corrected chi connectivity index (χ3v) is 3.44. The first kappa shape index (κ1) is 14.6. The molecule has 0 spiro atoms. The highest BCUT2D eigenvalue weighted by Crippen LogP contribution is 2.40. The van der Waals surface area contributed by atoms with E-state index in [1.165, 1.54) is 6.20 Å². The van der Waals surface area contributed by atoms with Crippen LogP contribution in [0.2, 0.25) is 0 Å². The Kier molecular flexibility index (Phi) is 4.35. The number of nitrogens with two attached hydrogens (primary N) is 1. The molecule has 0 aliphatic heterocycles. The van der Waals surface area contributed by atoms with Crippen molar-refractivity contribution in [2.45, 2.75) is 31.5 Å². The van der Waals surface area contributed by atoms with Gasteiger partial charge in [-0.3, -0.25) is 0 Å². The number of anilines is 1. The third-order valence-electron chi connectivity index (χ3n) is 3.00. The molecule has 0 bridgehead atoms. The van der Waals surface area contributed by atoms with Crippen molar-refractivity contribution in [3.05, 3.63) is 22.3 Å². The zero-order chi connectivity index (χ0) is 14.0. The van der Waals surface area contributed by atoms with E-state index in [1.54, 1.807) is 4.90 Å². The zero-order valence-electron chi connectivity index (χ0n) is 10.3. The fraction of sp³-hybridized carbons (Fsp3) is 0.583. The van der Waals surface area contributed by atoms with Gasteiger partial charge in [0.1, 0.15) is 5.82 Å². The van der Waals surface area contributed by atoms with Crippen LogP contribution < -0.4 is 10.6 Å². The molecule has 0 atom stereocenters. The first-order valence-corrected chi connectivity index (χ1v) is 6.92. The Hall–Kier alpha value is -0.820. The molecule has 1 aliphatic rings. The van der Waals surface area contributed by atoms with Gasteiger partial charge in [-0.1, -0.05) is 0 Å². The van der Waals surface area contributed by atoms with Crippen LogP contribution in [0, 0.1) is 0 Å². The Morgan fingerprint density at radius 1 is 1.42 bits per heavy atom. The maximum absolute atomic E-state index is 13.1. The summed E-state index contributed by atoms with van der Waals surface area (Å²) in [5.41, 5.74) is 4.76. The monoisotopic (exact) mass is 337 g/mol. The number of hydrogen-bond donors (Lipinski definition) is 1. The van der Waals surface area contributed by atoms with Crippen LogP contribution >= 0.6 is 15.9 Å². The van der Waals surface area contributed by atoms with Crippen LogP contribution in [0.5, 0.6) is 0 Å². The number of hydrogen-bond acceptors (Lipinski definition) is 3. The maximum Gasteiger partial charge on any atom is 0.419 e. The van der Waals surface area contributed by atoms with Gasteiger partial charge in [0.05, 0.1) is 5.56 Å². The van der Waals surface area contributed by atoms with Crippen LogP contribution in [-0.4, -0.2) is 24.1 Å². The molecule has 1 saturated carbocycles. The molecule has 0 radical (unpaired) electrons. The predicted octanol–water partition coefficient (Wildman–Crippen LogP) is 3.18. The van der Waals surface area contributed by atoms with Crippen LogP contribution in [0.25, 0.3) is 0 Å². The second kappa shape index (κ2) is 5.66. The molecule has 2 N–H and O–H groups in total. The van der Waals surface area contributed by atoms with E-state index in [0.717, 1.165) is 18.9 Å². The van der Waals surface area contributed by atoms with Gasteiger partial charge in [0, 0.05) is 23.3 Å². The van der Waals surface area contributed by atoms with Crippen molar-refractivity contribution in [3.8, 4) is 0 Å². The van der Waals surface area contributed by atoms with Crippen LogP contribution in [0.4, 0.5) is 19.0 Å².